The molecule has 1 aliphatic heterocycles. The van der Waals surface area contributed by atoms with Crippen molar-refractivity contribution < 1.29 is 19.4 Å². The van der Waals surface area contributed by atoms with Crippen LogP contribution in [0.3, 0.4) is 0 Å². The third-order valence-electron chi connectivity index (χ3n) is 4.77. The second-order valence-corrected chi connectivity index (χ2v) is 6.28. The molecule has 108 valence electrons. The largest absolute Gasteiger partial charge is 0.465 e. The first-order chi connectivity index (χ1) is 10.1. The molecular weight excluding hydrogens is 270 g/mol. The number of carbonyl (C=O) groups excluding carboxylic acids is 1. The Morgan fingerprint density at radius 3 is 2.57 bits per heavy atom. The lowest BCUT2D eigenvalue weighted by atomic mass is 9.52. The van der Waals surface area contributed by atoms with Gasteiger partial charge < -0.3 is 15.2 Å². The first kappa shape index (κ1) is 12.4. The van der Waals surface area contributed by atoms with Crippen molar-refractivity contribution in [3.05, 3.63) is 41.0 Å². The van der Waals surface area contributed by atoms with Gasteiger partial charge in [0.05, 0.1) is 5.56 Å². The highest BCUT2D eigenvalue weighted by Crippen LogP contribution is 2.60. The van der Waals surface area contributed by atoms with Crippen LogP contribution in [0.2, 0.25) is 0 Å². The summed E-state index contributed by atoms with van der Waals surface area (Å²) in [7, 11) is 0. The zero-order valence-corrected chi connectivity index (χ0v) is 11.4. The maximum Gasteiger partial charge on any atom is 0.404 e. The van der Waals surface area contributed by atoms with Crippen molar-refractivity contribution in [2.45, 2.75) is 31.7 Å². The van der Waals surface area contributed by atoms with Crippen LogP contribution in [0.1, 0.15) is 41.6 Å². The van der Waals surface area contributed by atoms with E-state index < -0.39 is 6.09 Å². The predicted octanol–water partition coefficient (Wildman–Crippen LogP) is 2.78. The molecule has 0 atom stereocenters. The fraction of sp³-hybridized carbons (Fsp3) is 0.375. The highest BCUT2D eigenvalue weighted by molar-refractivity contribution is 6.03. The molecule has 0 radical (unpaired) electrons. The van der Waals surface area contributed by atoms with Crippen molar-refractivity contribution in [2.75, 3.05) is 0 Å². The zero-order chi connectivity index (χ0) is 14.6. The van der Waals surface area contributed by atoms with Crippen molar-refractivity contribution >= 4 is 17.8 Å². The number of ether oxygens (including phenoxy) is 1. The Morgan fingerprint density at radius 1 is 1.24 bits per heavy atom. The van der Waals surface area contributed by atoms with Gasteiger partial charge in [-0.3, -0.25) is 0 Å². The maximum atomic E-state index is 11.8. The van der Waals surface area contributed by atoms with Gasteiger partial charge in [-0.15, -0.1) is 0 Å². The Hall–Kier alpha value is -2.30. The topological polar surface area (TPSA) is 75.6 Å². The minimum atomic E-state index is -0.952. The second-order valence-electron chi connectivity index (χ2n) is 6.28. The first-order valence-electron chi connectivity index (χ1n) is 7.09. The van der Waals surface area contributed by atoms with Crippen molar-refractivity contribution in [3.8, 4) is 0 Å². The van der Waals surface area contributed by atoms with Crippen LogP contribution in [-0.2, 0) is 4.74 Å². The normalized spacial score (nSPS) is 29.5. The number of hydrogen-bond acceptors (Lipinski definition) is 3. The molecule has 2 N–H and O–H groups in total. The van der Waals surface area contributed by atoms with Gasteiger partial charge in [0.25, 0.3) is 0 Å². The lowest BCUT2D eigenvalue weighted by Crippen LogP contribution is -2.54. The highest BCUT2D eigenvalue weighted by Gasteiger charge is 2.52. The second kappa shape index (κ2) is 4.10. The van der Waals surface area contributed by atoms with E-state index in [1.807, 2.05) is 18.2 Å². The summed E-state index contributed by atoms with van der Waals surface area (Å²) in [5.74, 6) is 0.462. The van der Waals surface area contributed by atoms with E-state index >= 15 is 0 Å². The van der Waals surface area contributed by atoms with E-state index in [0.717, 1.165) is 37.0 Å². The van der Waals surface area contributed by atoms with E-state index in [-0.39, 0.29) is 17.4 Å². The van der Waals surface area contributed by atoms with Gasteiger partial charge in [0, 0.05) is 11.6 Å². The molecule has 0 bridgehead atoms. The molecule has 3 aliphatic rings. The molecule has 2 saturated carbocycles. The SMILES string of the molecule is O=C(O)NC1CC2(CC(=C3OC(=O)c4ccccc43)C2)C1. The molecule has 5 heteroatoms. The van der Waals surface area contributed by atoms with E-state index in [1.54, 1.807) is 6.07 Å². The van der Waals surface area contributed by atoms with E-state index in [9.17, 15) is 9.59 Å². The Morgan fingerprint density at radius 2 is 1.90 bits per heavy atom. The van der Waals surface area contributed by atoms with Crippen LogP contribution >= 0.6 is 0 Å². The Balaban J connectivity index is 1.49. The number of allylic oxidation sites excluding steroid dienone is 1. The summed E-state index contributed by atoms with van der Waals surface area (Å²) < 4.78 is 5.42. The van der Waals surface area contributed by atoms with Gasteiger partial charge in [0.2, 0.25) is 0 Å². The summed E-state index contributed by atoms with van der Waals surface area (Å²) in [6.45, 7) is 0. The molecule has 1 aromatic carbocycles. The van der Waals surface area contributed by atoms with Gasteiger partial charge in [-0.05, 0) is 42.7 Å². The van der Waals surface area contributed by atoms with E-state index in [2.05, 4.69) is 5.32 Å². The van der Waals surface area contributed by atoms with Crippen LogP contribution < -0.4 is 5.32 Å². The number of nitrogens with one attached hydrogen (secondary N) is 1. The summed E-state index contributed by atoms with van der Waals surface area (Å²) in [5, 5.41) is 11.2. The minimum Gasteiger partial charge on any atom is -0.465 e. The molecule has 1 amide bonds. The zero-order valence-electron chi connectivity index (χ0n) is 11.4. The monoisotopic (exact) mass is 285 g/mol. The van der Waals surface area contributed by atoms with Gasteiger partial charge in [0.15, 0.2) is 0 Å². The van der Waals surface area contributed by atoms with Crippen molar-refractivity contribution in [3.63, 3.8) is 0 Å². The van der Waals surface area contributed by atoms with Crippen LogP contribution in [0, 0.1) is 5.41 Å². The molecule has 1 spiro atoms. The number of carboxylic acid groups (broad SMARTS) is 1. The van der Waals surface area contributed by atoms with Crippen molar-refractivity contribution in [2.24, 2.45) is 5.41 Å². The summed E-state index contributed by atoms with van der Waals surface area (Å²) in [5.41, 5.74) is 2.94. The van der Waals surface area contributed by atoms with Crippen molar-refractivity contribution in [1.29, 1.82) is 0 Å². The summed E-state index contributed by atoms with van der Waals surface area (Å²) >= 11 is 0. The standard InChI is InChI=1S/C16H15NO4/c18-14-12-4-2-1-3-11(12)13(21-14)9-5-16(6-9)7-10(8-16)17-15(19)20/h1-4,10,17H,5-8H2,(H,19,20). The molecule has 2 aliphatic carbocycles. The molecular formula is C16H15NO4. The number of fused-ring (bicyclic) bond motifs is 1. The number of cyclic esters (lactones) is 1. The number of rotatable bonds is 1. The molecule has 1 heterocycles. The number of benzene rings is 1. The summed E-state index contributed by atoms with van der Waals surface area (Å²) in [4.78, 5) is 22.4. The third kappa shape index (κ3) is 1.84. The van der Waals surface area contributed by atoms with E-state index in [4.69, 9.17) is 9.84 Å². The van der Waals surface area contributed by atoms with E-state index in [0.29, 0.717) is 5.56 Å². The smallest absolute Gasteiger partial charge is 0.404 e. The van der Waals surface area contributed by atoms with Gasteiger partial charge in [0.1, 0.15) is 5.76 Å². The molecule has 1 aromatic rings. The predicted molar refractivity (Wildman–Crippen MR) is 74.6 cm³/mol. The molecule has 4 rings (SSSR count). The Kier molecular flexibility index (Phi) is 2.43. The quantitative estimate of drug-likeness (QED) is 0.778. The molecule has 0 saturated heterocycles. The van der Waals surface area contributed by atoms with Gasteiger partial charge >= 0.3 is 12.1 Å². The van der Waals surface area contributed by atoms with Gasteiger partial charge in [-0.25, -0.2) is 9.59 Å². The fourth-order valence-electron chi connectivity index (χ4n) is 3.89. The molecule has 2 fully saturated rings. The highest BCUT2D eigenvalue weighted by atomic mass is 16.5. The number of esters is 1. The van der Waals surface area contributed by atoms with Crippen LogP contribution in [-0.4, -0.2) is 23.2 Å². The van der Waals surface area contributed by atoms with Crippen LogP contribution in [0.15, 0.2) is 29.8 Å². The number of carbonyl (C=O) groups is 2. The average molecular weight is 285 g/mol. The number of hydrogen-bond donors (Lipinski definition) is 2. The molecule has 0 aromatic heterocycles. The fourth-order valence-corrected chi connectivity index (χ4v) is 3.89. The third-order valence-corrected chi connectivity index (χ3v) is 4.77. The van der Waals surface area contributed by atoms with E-state index in [1.165, 1.54) is 5.57 Å². The summed E-state index contributed by atoms with van der Waals surface area (Å²) in [6.07, 6.45) is 2.62. The molecule has 5 nitrogen and oxygen atoms in total. The van der Waals surface area contributed by atoms with Crippen LogP contribution in [0.25, 0.3) is 5.76 Å². The Bertz CT molecular complexity index is 675. The van der Waals surface area contributed by atoms with Gasteiger partial charge in [-0.2, -0.15) is 0 Å². The lowest BCUT2D eigenvalue weighted by molar-refractivity contribution is 0.0373. The van der Waals surface area contributed by atoms with Crippen LogP contribution in [0.5, 0.6) is 0 Å². The average Bonchev–Trinajstić information content (AvgIpc) is 2.68. The number of amides is 1. The van der Waals surface area contributed by atoms with Gasteiger partial charge in [-0.1, -0.05) is 18.2 Å². The Labute approximate surface area is 121 Å². The lowest BCUT2D eigenvalue weighted by Gasteiger charge is -2.55. The minimum absolute atomic E-state index is 0.0764. The summed E-state index contributed by atoms with van der Waals surface area (Å²) in [6, 6.07) is 7.53. The first-order valence-corrected chi connectivity index (χ1v) is 7.09. The van der Waals surface area contributed by atoms with Crippen molar-refractivity contribution in [1.82, 2.24) is 5.32 Å². The maximum absolute atomic E-state index is 11.8. The molecule has 21 heavy (non-hydrogen) atoms. The molecule has 0 unspecified atom stereocenters. The van der Waals surface area contributed by atoms with Crippen LogP contribution in [0.4, 0.5) is 4.79 Å².